The van der Waals surface area contributed by atoms with Gasteiger partial charge in [0.1, 0.15) is 5.75 Å². The van der Waals surface area contributed by atoms with E-state index >= 15 is 0 Å². The fraction of sp³-hybridized carbons (Fsp3) is 0.200. The highest BCUT2D eigenvalue weighted by molar-refractivity contribution is 6.30. The molecule has 1 aromatic carbocycles. The summed E-state index contributed by atoms with van der Waals surface area (Å²) in [6, 6.07) is 4.37. The van der Waals surface area contributed by atoms with Gasteiger partial charge < -0.3 is 4.74 Å². The Labute approximate surface area is 99.2 Å². The van der Waals surface area contributed by atoms with Crippen LogP contribution in [0, 0.1) is 0 Å². The van der Waals surface area contributed by atoms with Crippen LogP contribution in [0.25, 0.3) is 11.0 Å². The second-order valence-corrected chi connectivity index (χ2v) is 3.57. The highest BCUT2D eigenvalue weighted by atomic mass is 35.5. The Balaban J connectivity index is 2.66. The summed E-state index contributed by atoms with van der Waals surface area (Å²) in [5.74, 6) is 0.475. The number of fused-ring (bicyclic) bond motifs is 1. The largest absolute Gasteiger partial charge is 0.497 e. The van der Waals surface area contributed by atoms with Gasteiger partial charge in [0.2, 0.25) is 0 Å². The Morgan fingerprint density at radius 2 is 1.88 bits per heavy atom. The van der Waals surface area contributed by atoms with Crippen LogP contribution >= 0.6 is 11.6 Å². The molecular weight excluding hydrogens is 257 g/mol. The van der Waals surface area contributed by atoms with E-state index in [2.05, 4.69) is 9.97 Å². The molecule has 0 radical (unpaired) electrons. The molecule has 2 rings (SSSR count). The topological polar surface area (TPSA) is 35.0 Å². The molecule has 0 aliphatic carbocycles. The number of ether oxygens (including phenoxy) is 1. The fourth-order valence-corrected chi connectivity index (χ4v) is 1.56. The number of hydrogen-bond donors (Lipinski definition) is 0. The molecule has 0 fully saturated rings. The molecule has 1 aromatic heterocycles. The maximum Gasteiger partial charge on any atom is 0.436 e. The van der Waals surface area contributed by atoms with Crippen LogP contribution in [-0.2, 0) is 6.18 Å². The van der Waals surface area contributed by atoms with E-state index in [1.807, 2.05) is 0 Å². The maximum absolute atomic E-state index is 12.5. The quantitative estimate of drug-likeness (QED) is 0.791. The zero-order valence-corrected chi connectivity index (χ0v) is 9.30. The lowest BCUT2D eigenvalue weighted by Gasteiger charge is -2.08. The number of benzene rings is 1. The second kappa shape index (κ2) is 4.03. The Hall–Kier alpha value is -1.56. The molecule has 17 heavy (non-hydrogen) atoms. The first kappa shape index (κ1) is 11.9. The standard InChI is InChI=1S/C10H6ClF3N2O/c1-17-5-2-3-6-7(4-5)16-9(11)8(15-6)10(12,13)14/h2-4H,1H3. The van der Waals surface area contributed by atoms with Gasteiger partial charge in [0.25, 0.3) is 0 Å². The Morgan fingerprint density at radius 1 is 1.18 bits per heavy atom. The van der Waals surface area contributed by atoms with Crippen LogP contribution in [0.4, 0.5) is 13.2 Å². The summed E-state index contributed by atoms with van der Waals surface area (Å²) < 4.78 is 42.5. The number of methoxy groups -OCH3 is 1. The van der Waals surface area contributed by atoms with Gasteiger partial charge in [-0.05, 0) is 12.1 Å². The second-order valence-electron chi connectivity index (χ2n) is 3.22. The third-order valence-electron chi connectivity index (χ3n) is 2.10. The molecule has 0 amide bonds. The summed E-state index contributed by atoms with van der Waals surface area (Å²) in [4.78, 5) is 7.10. The Kier molecular flexibility index (Phi) is 2.82. The molecule has 1 heterocycles. The summed E-state index contributed by atoms with van der Waals surface area (Å²) in [5.41, 5.74) is -0.818. The first-order valence-corrected chi connectivity index (χ1v) is 4.88. The van der Waals surface area contributed by atoms with Crippen LogP contribution in [-0.4, -0.2) is 17.1 Å². The molecule has 0 unspecified atom stereocenters. The van der Waals surface area contributed by atoms with Gasteiger partial charge in [0.05, 0.1) is 18.1 Å². The van der Waals surface area contributed by atoms with Gasteiger partial charge in [0.15, 0.2) is 10.8 Å². The van der Waals surface area contributed by atoms with Crippen molar-refractivity contribution < 1.29 is 17.9 Å². The van der Waals surface area contributed by atoms with E-state index in [4.69, 9.17) is 16.3 Å². The summed E-state index contributed by atoms with van der Waals surface area (Å²) in [6.45, 7) is 0. The van der Waals surface area contributed by atoms with Crippen LogP contribution in [0.3, 0.4) is 0 Å². The molecule has 0 saturated carbocycles. The van der Waals surface area contributed by atoms with Gasteiger partial charge in [-0.1, -0.05) is 11.6 Å². The normalized spacial score (nSPS) is 11.8. The number of nitrogens with zero attached hydrogens (tertiary/aromatic N) is 2. The molecule has 2 aromatic rings. The molecular formula is C10H6ClF3N2O. The van der Waals surface area contributed by atoms with Crippen LogP contribution in [0.5, 0.6) is 5.75 Å². The molecule has 0 saturated heterocycles. The lowest BCUT2D eigenvalue weighted by Crippen LogP contribution is -2.10. The summed E-state index contributed by atoms with van der Waals surface area (Å²) in [6.07, 6.45) is -4.61. The van der Waals surface area contributed by atoms with Crippen LogP contribution in [0.1, 0.15) is 5.69 Å². The van der Waals surface area contributed by atoms with Crippen molar-refractivity contribution in [3.63, 3.8) is 0 Å². The predicted octanol–water partition coefficient (Wildman–Crippen LogP) is 3.31. The number of rotatable bonds is 1. The predicted molar refractivity (Wildman–Crippen MR) is 56.1 cm³/mol. The van der Waals surface area contributed by atoms with Crippen LogP contribution in [0.2, 0.25) is 5.15 Å². The highest BCUT2D eigenvalue weighted by Crippen LogP contribution is 2.33. The molecule has 0 bridgehead atoms. The number of halogens is 4. The van der Waals surface area contributed by atoms with E-state index in [0.717, 1.165) is 0 Å². The first-order valence-electron chi connectivity index (χ1n) is 4.50. The number of alkyl halides is 3. The van der Waals surface area contributed by atoms with Crippen LogP contribution < -0.4 is 4.74 Å². The van der Waals surface area contributed by atoms with Crippen molar-refractivity contribution in [1.29, 1.82) is 0 Å². The van der Waals surface area contributed by atoms with Crippen molar-refractivity contribution in [2.75, 3.05) is 7.11 Å². The van der Waals surface area contributed by atoms with E-state index in [0.29, 0.717) is 5.75 Å². The van der Waals surface area contributed by atoms with E-state index in [-0.39, 0.29) is 11.0 Å². The summed E-state index contributed by atoms with van der Waals surface area (Å²) in [5, 5.41) is -0.668. The minimum Gasteiger partial charge on any atom is -0.497 e. The van der Waals surface area contributed by atoms with Crippen molar-refractivity contribution in [1.82, 2.24) is 9.97 Å². The van der Waals surface area contributed by atoms with E-state index in [9.17, 15) is 13.2 Å². The van der Waals surface area contributed by atoms with Crippen molar-refractivity contribution >= 4 is 22.6 Å². The SMILES string of the molecule is COc1ccc2nc(C(F)(F)F)c(Cl)nc2c1. The molecule has 3 nitrogen and oxygen atoms in total. The smallest absolute Gasteiger partial charge is 0.436 e. The molecule has 0 aliphatic heterocycles. The van der Waals surface area contributed by atoms with Crippen molar-refractivity contribution in [2.24, 2.45) is 0 Å². The van der Waals surface area contributed by atoms with Crippen molar-refractivity contribution in [2.45, 2.75) is 6.18 Å². The summed E-state index contributed by atoms with van der Waals surface area (Å²) >= 11 is 5.45. The number of hydrogen-bond acceptors (Lipinski definition) is 3. The lowest BCUT2D eigenvalue weighted by atomic mass is 10.2. The zero-order chi connectivity index (χ0) is 12.6. The minimum absolute atomic E-state index is 0.113. The average Bonchev–Trinajstić information content (AvgIpc) is 2.25. The molecule has 90 valence electrons. The first-order chi connectivity index (χ1) is 7.91. The maximum atomic E-state index is 12.5. The summed E-state index contributed by atoms with van der Waals surface area (Å²) in [7, 11) is 1.44. The minimum atomic E-state index is -4.61. The van der Waals surface area contributed by atoms with Crippen molar-refractivity contribution in [3.05, 3.63) is 29.0 Å². The van der Waals surface area contributed by atoms with Crippen LogP contribution in [0.15, 0.2) is 18.2 Å². The number of aromatic nitrogens is 2. The third kappa shape index (κ3) is 2.26. The average molecular weight is 263 g/mol. The Morgan fingerprint density at radius 3 is 2.47 bits per heavy atom. The van der Waals surface area contributed by atoms with Gasteiger partial charge in [0, 0.05) is 6.07 Å². The highest BCUT2D eigenvalue weighted by Gasteiger charge is 2.36. The van der Waals surface area contributed by atoms with Gasteiger partial charge >= 0.3 is 6.18 Å². The molecule has 0 aliphatic rings. The third-order valence-corrected chi connectivity index (χ3v) is 2.36. The lowest BCUT2D eigenvalue weighted by molar-refractivity contribution is -0.141. The van der Waals surface area contributed by atoms with Gasteiger partial charge in [-0.2, -0.15) is 13.2 Å². The Bertz CT molecular complexity index is 571. The van der Waals surface area contributed by atoms with Gasteiger partial charge in [-0.3, -0.25) is 0 Å². The molecule has 0 atom stereocenters. The van der Waals surface area contributed by atoms with Crippen molar-refractivity contribution in [3.8, 4) is 5.75 Å². The zero-order valence-electron chi connectivity index (χ0n) is 8.55. The van der Waals surface area contributed by atoms with Gasteiger partial charge in [-0.25, -0.2) is 9.97 Å². The monoisotopic (exact) mass is 262 g/mol. The van der Waals surface area contributed by atoms with Gasteiger partial charge in [-0.15, -0.1) is 0 Å². The molecule has 0 N–H and O–H groups in total. The fourth-order valence-electron chi connectivity index (χ4n) is 1.32. The molecule has 7 heteroatoms. The van der Waals surface area contributed by atoms with E-state index < -0.39 is 17.0 Å². The van der Waals surface area contributed by atoms with E-state index in [1.54, 1.807) is 0 Å². The van der Waals surface area contributed by atoms with E-state index in [1.165, 1.54) is 25.3 Å². The molecule has 0 spiro atoms.